The Morgan fingerprint density at radius 1 is 0.941 bits per heavy atom. The number of ether oxygens (including phenoxy) is 1. The second-order valence-electron chi connectivity index (χ2n) is 7.36. The maximum absolute atomic E-state index is 12.8. The highest BCUT2D eigenvalue weighted by molar-refractivity contribution is 6.24. The number of benzene rings is 2. The fraction of sp³-hybridized carbons (Fsp3) is 0.190. The first-order chi connectivity index (χ1) is 16.0. The lowest BCUT2D eigenvalue weighted by molar-refractivity contribution is -0.274. The number of nitrogens with one attached hydrogen (secondary N) is 3. The van der Waals surface area contributed by atoms with E-state index in [2.05, 4.69) is 20.7 Å². The van der Waals surface area contributed by atoms with Gasteiger partial charge in [-0.2, -0.15) is 0 Å². The Morgan fingerprint density at radius 2 is 1.56 bits per heavy atom. The van der Waals surface area contributed by atoms with Crippen molar-refractivity contribution in [3.63, 3.8) is 0 Å². The van der Waals surface area contributed by atoms with Gasteiger partial charge in [-0.25, -0.2) is 4.79 Å². The summed E-state index contributed by atoms with van der Waals surface area (Å²) in [6.45, 7) is 0. The van der Waals surface area contributed by atoms with E-state index in [0.29, 0.717) is 0 Å². The van der Waals surface area contributed by atoms with E-state index in [1.54, 1.807) is 0 Å². The van der Waals surface area contributed by atoms with E-state index < -0.39 is 47.8 Å². The number of urea groups is 1. The van der Waals surface area contributed by atoms with Gasteiger partial charge in [0.1, 0.15) is 11.8 Å². The summed E-state index contributed by atoms with van der Waals surface area (Å²) in [5.41, 5.74) is 0.338. The zero-order chi connectivity index (χ0) is 24.6. The van der Waals surface area contributed by atoms with Crippen molar-refractivity contribution in [1.29, 1.82) is 0 Å². The molecule has 2 aromatic rings. The highest BCUT2D eigenvalue weighted by Gasteiger charge is 2.44. The summed E-state index contributed by atoms with van der Waals surface area (Å²) < 4.78 is 40.4. The molecule has 0 spiro atoms. The Kier molecular flexibility index (Phi) is 5.69. The van der Waals surface area contributed by atoms with Crippen LogP contribution in [0.2, 0.25) is 0 Å². The lowest BCUT2D eigenvalue weighted by Gasteiger charge is -2.27. The van der Waals surface area contributed by atoms with Gasteiger partial charge in [0, 0.05) is 17.8 Å². The minimum Gasteiger partial charge on any atom is -0.406 e. The third kappa shape index (κ3) is 4.67. The Balaban J connectivity index is 1.43. The topological polar surface area (TPSA) is 134 Å². The molecule has 1 saturated heterocycles. The van der Waals surface area contributed by atoms with Crippen LogP contribution in [0.3, 0.4) is 0 Å². The van der Waals surface area contributed by atoms with E-state index >= 15 is 0 Å². The minimum absolute atomic E-state index is 0.0104. The standard InChI is InChI=1S/C21H15F3N4O6/c22-21(23,24)34-12-4-1-10(2-5-12)25-20(33)26-11-3-6-13-14(9-11)19(32)28(18(13)31)15-7-8-16(29)27-17(15)30/h1-6,9,15H,7-8H2,(H2,25,26,33)(H,27,29,30). The number of nitrogens with zero attached hydrogens (tertiary/aromatic N) is 1. The predicted molar refractivity (Wildman–Crippen MR) is 109 cm³/mol. The Bertz CT molecular complexity index is 1210. The van der Waals surface area contributed by atoms with Crippen LogP contribution in [0.25, 0.3) is 0 Å². The first-order valence-electron chi connectivity index (χ1n) is 9.81. The van der Waals surface area contributed by atoms with Crippen molar-refractivity contribution >= 4 is 41.0 Å². The molecule has 0 saturated carbocycles. The Morgan fingerprint density at radius 3 is 2.21 bits per heavy atom. The lowest BCUT2D eigenvalue weighted by atomic mass is 10.0. The number of rotatable bonds is 4. The third-order valence-electron chi connectivity index (χ3n) is 5.04. The van der Waals surface area contributed by atoms with Gasteiger partial charge in [-0.3, -0.25) is 29.4 Å². The van der Waals surface area contributed by atoms with E-state index in [1.165, 1.54) is 30.3 Å². The van der Waals surface area contributed by atoms with Gasteiger partial charge in [-0.05, 0) is 48.9 Å². The second kappa shape index (κ2) is 8.50. The van der Waals surface area contributed by atoms with Crippen LogP contribution >= 0.6 is 0 Å². The van der Waals surface area contributed by atoms with Crippen LogP contribution in [0.4, 0.5) is 29.3 Å². The van der Waals surface area contributed by atoms with E-state index in [0.717, 1.165) is 17.0 Å². The largest absolute Gasteiger partial charge is 0.573 e. The number of carbonyl (C=O) groups excluding carboxylic acids is 5. The molecule has 1 fully saturated rings. The van der Waals surface area contributed by atoms with Crippen LogP contribution in [-0.2, 0) is 9.59 Å². The maximum atomic E-state index is 12.8. The maximum Gasteiger partial charge on any atom is 0.573 e. The fourth-order valence-corrected chi connectivity index (χ4v) is 3.58. The van der Waals surface area contributed by atoms with Crippen molar-refractivity contribution in [1.82, 2.24) is 10.2 Å². The molecule has 6 amide bonds. The number of fused-ring (bicyclic) bond motifs is 1. The monoisotopic (exact) mass is 476 g/mol. The van der Waals surface area contributed by atoms with E-state index in [1.807, 2.05) is 0 Å². The molecule has 4 rings (SSSR count). The van der Waals surface area contributed by atoms with Gasteiger partial charge >= 0.3 is 12.4 Å². The summed E-state index contributed by atoms with van der Waals surface area (Å²) >= 11 is 0. The molecule has 0 bridgehead atoms. The number of halogens is 3. The zero-order valence-electron chi connectivity index (χ0n) is 17.1. The van der Waals surface area contributed by atoms with Crippen LogP contribution < -0.4 is 20.7 Å². The third-order valence-corrected chi connectivity index (χ3v) is 5.04. The van der Waals surface area contributed by atoms with Crippen LogP contribution in [0, 0.1) is 0 Å². The summed E-state index contributed by atoms with van der Waals surface area (Å²) in [5, 5.41) is 6.95. The molecule has 34 heavy (non-hydrogen) atoms. The van der Waals surface area contributed by atoms with Crippen LogP contribution in [-0.4, -0.2) is 47.0 Å². The summed E-state index contributed by atoms with van der Waals surface area (Å²) in [4.78, 5) is 62.0. The molecule has 0 radical (unpaired) electrons. The van der Waals surface area contributed by atoms with Gasteiger partial charge in [-0.1, -0.05) is 0 Å². The number of hydrogen-bond acceptors (Lipinski definition) is 6. The highest BCUT2D eigenvalue weighted by atomic mass is 19.4. The van der Waals surface area contributed by atoms with Crippen molar-refractivity contribution in [3.05, 3.63) is 53.6 Å². The quantitative estimate of drug-likeness (QED) is 0.581. The summed E-state index contributed by atoms with van der Waals surface area (Å²) in [5.74, 6) is -3.11. The van der Waals surface area contributed by atoms with E-state index in [9.17, 15) is 37.1 Å². The number of imide groups is 2. The Labute approximate surface area is 189 Å². The van der Waals surface area contributed by atoms with Crippen molar-refractivity contribution in [2.24, 2.45) is 0 Å². The highest BCUT2D eigenvalue weighted by Crippen LogP contribution is 2.30. The summed E-state index contributed by atoms with van der Waals surface area (Å²) in [6, 6.07) is 6.52. The Hall–Kier alpha value is -4.42. The van der Waals surface area contributed by atoms with Gasteiger partial charge < -0.3 is 15.4 Å². The average Bonchev–Trinajstić information content (AvgIpc) is 2.98. The van der Waals surface area contributed by atoms with Gasteiger partial charge in [-0.15, -0.1) is 13.2 Å². The van der Waals surface area contributed by atoms with Crippen LogP contribution in [0.1, 0.15) is 33.6 Å². The number of alkyl halides is 3. The summed E-state index contributed by atoms with van der Waals surface area (Å²) in [7, 11) is 0. The average molecular weight is 476 g/mol. The van der Waals surface area contributed by atoms with Crippen LogP contribution in [0.5, 0.6) is 5.75 Å². The molecule has 0 aliphatic carbocycles. The lowest BCUT2D eigenvalue weighted by Crippen LogP contribution is -2.54. The van der Waals surface area contributed by atoms with Crippen LogP contribution in [0.15, 0.2) is 42.5 Å². The molecule has 3 N–H and O–H groups in total. The van der Waals surface area contributed by atoms with E-state index in [-0.39, 0.29) is 35.3 Å². The molecule has 2 aliphatic rings. The number of anilines is 2. The second-order valence-corrected chi connectivity index (χ2v) is 7.36. The molecule has 2 aromatic carbocycles. The number of amides is 6. The van der Waals surface area contributed by atoms with Gasteiger partial charge in [0.15, 0.2) is 0 Å². The van der Waals surface area contributed by atoms with Crippen molar-refractivity contribution < 1.29 is 41.9 Å². The number of carbonyl (C=O) groups is 5. The van der Waals surface area contributed by atoms with Gasteiger partial charge in [0.2, 0.25) is 11.8 Å². The smallest absolute Gasteiger partial charge is 0.406 e. The molecule has 13 heteroatoms. The first kappa shape index (κ1) is 22.8. The predicted octanol–water partition coefficient (Wildman–Crippen LogP) is 2.63. The van der Waals surface area contributed by atoms with E-state index in [4.69, 9.17) is 0 Å². The molecule has 0 aromatic heterocycles. The normalized spacial score (nSPS) is 17.9. The molecule has 2 aliphatic heterocycles. The molecular formula is C21H15F3N4O6. The zero-order valence-corrected chi connectivity index (χ0v) is 17.1. The number of hydrogen-bond donors (Lipinski definition) is 3. The van der Waals surface area contributed by atoms with Crippen molar-refractivity contribution in [2.75, 3.05) is 10.6 Å². The van der Waals surface area contributed by atoms with Gasteiger partial charge in [0.25, 0.3) is 11.8 Å². The molecule has 1 unspecified atom stereocenters. The SMILES string of the molecule is O=C1CCC(N2C(=O)c3ccc(NC(=O)Nc4ccc(OC(F)(F)F)cc4)cc3C2=O)C(=O)N1. The first-order valence-corrected chi connectivity index (χ1v) is 9.81. The molecule has 176 valence electrons. The molecular weight excluding hydrogens is 461 g/mol. The molecule has 10 nitrogen and oxygen atoms in total. The minimum atomic E-state index is -4.84. The molecule has 2 heterocycles. The van der Waals surface area contributed by atoms with Gasteiger partial charge in [0.05, 0.1) is 11.1 Å². The molecule has 1 atom stereocenters. The number of piperidine rings is 1. The fourth-order valence-electron chi connectivity index (χ4n) is 3.58. The summed E-state index contributed by atoms with van der Waals surface area (Å²) in [6.07, 6.45) is -4.84. The van der Waals surface area contributed by atoms with Crippen molar-refractivity contribution in [3.8, 4) is 5.75 Å². The van der Waals surface area contributed by atoms with Crippen molar-refractivity contribution in [2.45, 2.75) is 25.2 Å².